The number of likely N-dealkylation sites (tertiary alicyclic amines) is 2. The Morgan fingerprint density at radius 3 is 2.71 bits per heavy atom. The van der Waals surface area contributed by atoms with Crippen LogP contribution >= 0.6 is 0 Å². The van der Waals surface area contributed by atoms with Gasteiger partial charge in [0, 0.05) is 44.9 Å². The zero-order valence-corrected chi connectivity index (χ0v) is 13.5. The van der Waals surface area contributed by atoms with Crippen LogP contribution in [0.5, 0.6) is 0 Å². The predicted octanol–water partition coefficient (Wildman–Crippen LogP) is 1.25. The van der Waals surface area contributed by atoms with Crippen LogP contribution in [0.15, 0.2) is 0 Å². The van der Waals surface area contributed by atoms with E-state index in [1.165, 1.54) is 0 Å². The van der Waals surface area contributed by atoms with Crippen LogP contribution in [0.25, 0.3) is 0 Å². The molecule has 0 saturated carbocycles. The van der Waals surface area contributed by atoms with Gasteiger partial charge in [0.15, 0.2) is 0 Å². The molecule has 2 heterocycles. The zero-order valence-electron chi connectivity index (χ0n) is 13.5. The first kappa shape index (κ1) is 16.3. The first-order valence-electron chi connectivity index (χ1n) is 8.12. The van der Waals surface area contributed by atoms with Crippen LogP contribution in [0.1, 0.15) is 46.5 Å². The molecule has 5 heteroatoms. The minimum atomic E-state index is -0.763. The summed E-state index contributed by atoms with van der Waals surface area (Å²) < 4.78 is 0. The first-order chi connectivity index (χ1) is 9.84. The van der Waals surface area contributed by atoms with Crippen molar-refractivity contribution in [1.82, 2.24) is 9.80 Å². The Hall–Kier alpha value is -1.10. The van der Waals surface area contributed by atoms with Crippen molar-refractivity contribution >= 4 is 11.8 Å². The van der Waals surface area contributed by atoms with Crippen LogP contribution in [0, 0.1) is 11.8 Å². The van der Waals surface area contributed by atoms with Gasteiger partial charge in [0.1, 0.15) is 0 Å². The van der Waals surface area contributed by atoms with E-state index in [1.807, 2.05) is 25.7 Å². The molecule has 0 spiro atoms. The van der Waals surface area contributed by atoms with E-state index in [-0.39, 0.29) is 23.7 Å². The van der Waals surface area contributed by atoms with Crippen molar-refractivity contribution in [2.75, 3.05) is 26.2 Å². The molecule has 2 rings (SSSR count). The van der Waals surface area contributed by atoms with E-state index in [2.05, 4.69) is 0 Å². The molecule has 0 radical (unpaired) electrons. The Labute approximate surface area is 127 Å². The summed E-state index contributed by atoms with van der Waals surface area (Å²) in [6, 6.07) is 0. The summed E-state index contributed by atoms with van der Waals surface area (Å²) in [6.45, 7) is 8.61. The van der Waals surface area contributed by atoms with Gasteiger partial charge in [-0.2, -0.15) is 0 Å². The molecule has 2 atom stereocenters. The maximum Gasteiger partial charge on any atom is 0.222 e. The summed E-state index contributed by atoms with van der Waals surface area (Å²) in [7, 11) is 0. The Morgan fingerprint density at radius 1 is 1.48 bits per heavy atom. The van der Waals surface area contributed by atoms with Crippen LogP contribution in [0.4, 0.5) is 0 Å². The average Bonchev–Trinajstić information content (AvgIpc) is 2.95. The number of carbonyl (C=O) groups is 2. The second kappa shape index (κ2) is 6.34. The van der Waals surface area contributed by atoms with Gasteiger partial charge >= 0.3 is 0 Å². The highest BCUT2D eigenvalue weighted by atomic mass is 16.3. The topological polar surface area (TPSA) is 60.9 Å². The summed E-state index contributed by atoms with van der Waals surface area (Å²) in [4.78, 5) is 27.4. The molecular formula is C16H28N2O3. The lowest BCUT2D eigenvalue weighted by Crippen LogP contribution is -2.43. The maximum atomic E-state index is 12.3. The predicted molar refractivity (Wildman–Crippen MR) is 80.6 cm³/mol. The van der Waals surface area contributed by atoms with Crippen LogP contribution in [0.2, 0.25) is 0 Å². The van der Waals surface area contributed by atoms with E-state index in [4.69, 9.17) is 0 Å². The summed E-state index contributed by atoms with van der Waals surface area (Å²) >= 11 is 0. The lowest BCUT2D eigenvalue weighted by Gasteiger charge is -2.31. The molecule has 0 aromatic rings. The molecule has 2 saturated heterocycles. The molecule has 0 bridgehead atoms. The second-order valence-corrected chi connectivity index (χ2v) is 6.91. The number of hydrogen-bond acceptors (Lipinski definition) is 3. The highest BCUT2D eigenvalue weighted by Gasteiger charge is 2.46. The van der Waals surface area contributed by atoms with Gasteiger partial charge in [0.25, 0.3) is 0 Å². The molecule has 2 fully saturated rings. The fraction of sp³-hybridized carbons (Fsp3) is 0.875. The zero-order chi connectivity index (χ0) is 15.6. The molecule has 21 heavy (non-hydrogen) atoms. The summed E-state index contributed by atoms with van der Waals surface area (Å²) in [6.07, 6.45) is 2.77. The molecule has 0 aromatic carbocycles. The van der Waals surface area contributed by atoms with Crippen LogP contribution < -0.4 is 0 Å². The van der Waals surface area contributed by atoms with Crippen LogP contribution in [-0.2, 0) is 9.59 Å². The summed E-state index contributed by atoms with van der Waals surface area (Å²) in [5, 5.41) is 10.6. The number of hydrogen-bond donors (Lipinski definition) is 1. The Morgan fingerprint density at radius 2 is 2.19 bits per heavy atom. The van der Waals surface area contributed by atoms with Crippen LogP contribution in [-0.4, -0.2) is 58.5 Å². The van der Waals surface area contributed by atoms with E-state index >= 15 is 0 Å². The third-order valence-corrected chi connectivity index (χ3v) is 5.13. The van der Waals surface area contributed by atoms with E-state index in [0.717, 1.165) is 19.4 Å². The maximum absolute atomic E-state index is 12.3. The molecule has 0 aromatic heterocycles. The number of β-amino-alcohol motifs (C(OH)–C–C–N with tert-alkyl or cyclic N) is 1. The molecule has 1 N–H and O–H groups in total. The molecule has 2 aliphatic rings. The highest BCUT2D eigenvalue weighted by Crippen LogP contribution is 2.34. The van der Waals surface area contributed by atoms with Crippen molar-refractivity contribution in [1.29, 1.82) is 0 Å². The molecule has 5 nitrogen and oxygen atoms in total. The molecule has 0 unspecified atom stereocenters. The van der Waals surface area contributed by atoms with Gasteiger partial charge in [-0.05, 0) is 18.8 Å². The average molecular weight is 296 g/mol. The van der Waals surface area contributed by atoms with E-state index < -0.39 is 5.60 Å². The van der Waals surface area contributed by atoms with Gasteiger partial charge in [-0.1, -0.05) is 20.8 Å². The van der Waals surface area contributed by atoms with E-state index in [0.29, 0.717) is 32.5 Å². The lowest BCUT2D eigenvalue weighted by molar-refractivity contribution is -0.132. The molecule has 2 amide bonds. The van der Waals surface area contributed by atoms with E-state index in [1.54, 1.807) is 4.90 Å². The molecule has 120 valence electrons. The third kappa shape index (κ3) is 3.39. The minimum Gasteiger partial charge on any atom is -0.387 e. The van der Waals surface area contributed by atoms with Gasteiger partial charge in [-0.15, -0.1) is 0 Å². The van der Waals surface area contributed by atoms with Gasteiger partial charge in [0.2, 0.25) is 11.8 Å². The van der Waals surface area contributed by atoms with Crippen molar-refractivity contribution < 1.29 is 14.7 Å². The van der Waals surface area contributed by atoms with Gasteiger partial charge in [-0.25, -0.2) is 0 Å². The standard InChI is InChI=1S/C16H28N2O3/c1-12(2)16(21)11-18(10-13(16)3)15(20)7-5-9-17-8-4-6-14(17)19/h12-13,21H,4-11H2,1-3H3/t13-,16-/m0/s1. The van der Waals surface area contributed by atoms with Crippen molar-refractivity contribution in [2.45, 2.75) is 52.1 Å². The number of aliphatic hydroxyl groups is 1. The van der Waals surface area contributed by atoms with Gasteiger partial charge in [-0.3, -0.25) is 9.59 Å². The van der Waals surface area contributed by atoms with Crippen molar-refractivity contribution in [3.05, 3.63) is 0 Å². The van der Waals surface area contributed by atoms with Crippen molar-refractivity contribution in [3.8, 4) is 0 Å². The molecule has 0 aliphatic carbocycles. The minimum absolute atomic E-state index is 0.102. The Bertz CT molecular complexity index is 410. The van der Waals surface area contributed by atoms with E-state index in [9.17, 15) is 14.7 Å². The first-order valence-corrected chi connectivity index (χ1v) is 8.12. The van der Waals surface area contributed by atoms with Crippen LogP contribution in [0.3, 0.4) is 0 Å². The molecular weight excluding hydrogens is 268 g/mol. The number of nitrogens with zero attached hydrogens (tertiary/aromatic N) is 2. The monoisotopic (exact) mass is 296 g/mol. The quantitative estimate of drug-likeness (QED) is 0.831. The molecule has 2 aliphatic heterocycles. The Kier molecular flexibility index (Phi) is 4.91. The number of rotatable bonds is 5. The largest absolute Gasteiger partial charge is 0.387 e. The normalized spacial score (nSPS) is 29.8. The van der Waals surface area contributed by atoms with Gasteiger partial charge < -0.3 is 14.9 Å². The fourth-order valence-corrected chi connectivity index (χ4v) is 3.48. The third-order valence-electron chi connectivity index (χ3n) is 5.13. The number of amides is 2. The smallest absolute Gasteiger partial charge is 0.222 e. The summed E-state index contributed by atoms with van der Waals surface area (Å²) in [5.41, 5.74) is -0.763. The van der Waals surface area contributed by atoms with Crippen molar-refractivity contribution in [2.24, 2.45) is 11.8 Å². The Balaban J connectivity index is 1.78. The highest BCUT2D eigenvalue weighted by molar-refractivity contribution is 5.78. The fourth-order valence-electron chi connectivity index (χ4n) is 3.48. The SMILES string of the molecule is CC(C)[C@@]1(O)CN(C(=O)CCCN2CCCC2=O)C[C@@H]1C. The second-order valence-electron chi connectivity index (χ2n) is 6.91. The lowest BCUT2D eigenvalue weighted by atomic mass is 9.82. The van der Waals surface area contributed by atoms with Gasteiger partial charge in [0.05, 0.1) is 5.60 Å². The van der Waals surface area contributed by atoms with Crippen molar-refractivity contribution in [3.63, 3.8) is 0 Å². The number of carbonyl (C=O) groups excluding carboxylic acids is 2. The summed E-state index contributed by atoms with van der Waals surface area (Å²) in [5.74, 6) is 0.575.